The van der Waals surface area contributed by atoms with Crippen LogP contribution < -0.4 is 0 Å². The summed E-state index contributed by atoms with van der Waals surface area (Å²) in [6, 6.07) is 7.83. The van der Waals surface area contributed by atoms with Crippen molar-refractivity contribution >= 4 is 11.8 Å². The standard InChI is InChI=1S/C9H10S/c1-7-6-10-9-5-3-2-4-8(7)9/h2-5,7H,6H2,1H3/i6D,7D. The van der Waals surface area contributed by atoms with Crippen molar-refractivity contribution in [1.29, 1.82) is 0 Å². The lowest BCUT2D eigenvalue weighted by Crippen LogP contribution is -1.87. The third-order valence-corrected chi connectivity index (χ3v) is 2.76. The Balaban J connectivity index is 2.55. The first-order valence-corrected chi connectivity index (χ1v) is 4.19. The van der Waals surface area contributed by atoms with Gasteiger partial charge in [0.25, 0.3) is 0 Å². The van der Waals surface area contributed by atoms with Crippen molar-refractivity contribution in [2.75, 3.05) is 5.73 Å². The van der Waals surface area contributed by atoms with Crippen LogP contribution >= 0.6 is 11.8 Å². The molecule has 2 atom stereocenters. The molecule has 0 bridgehead atoms. The predicted octanol–water partition coefficient (Wildman–Crippen LogP) is 2.90. The zero-order valence-corrected chi connectivity index (χ0v) is 6.61. The number of thioether (sulfide) groups is 1. The van der Waals surface area contributed by atoms with Gasteiger partial charge in [0.2, 0.25) is 0 Å². The van der Waals surface area contributed by atoms with Crippen molar-refractivity contribution in [2.45, 2.75) is 17.7 Å². The topological polar surface area (TPSA) is 0 Å². The molecule has 0 aromatic heterocycles. The molecule has 1 aromatic rings. The molecule has 1 heteroatoms. The molecular formula is C9H10S. The smallest absolute Gasteiger partial charge is 0.0390 e. The third-order valence-electron chi connectivity index (χ3n) is 1.67. The van der Waals surface area contributed by atoms with Gasteiger partial charge >= 0.3 is 0 Å². The highest BCUT2D eigenvalue weighted by Gasteiger charge is 2.17. The van der Waals surface area contributed by atoms with E-state index in [4.69, 9.17) is 2.74 Å². The number of rotatable bonds is 0. The van der Waals surface area contributed by atoms with Gasteiger partial charge in [0.05, 0.1) is 0 Å². The SMILES string of the molecule is [2H]C1Sc2ccccc2C1([2H])C. The fourth-order valence-corrected chi connectivity index (χ4v) is 2.05. The molecule has 0 radical (unpaired) electrons. The van der Waals surface area contributed by atoms with Crippen molar-refractivity contribution in [3.05, 3.63) is 29.8 Å². The summed E-state index contributed by atoms with van der Waals surface area (Å²) in [7, 11) is 0. The Morgan fingerprint density at radius 2 is 2.50 bits per heavy atom. The molecule has 0 saturated heterocycles. The second-order valence-corrected chi connectivity index (χ2v) is 3.33. The quantitative estimate of drug-likeness (QED) is 0.551. The Bertz CT molecular complexity index is 309. The summed E-state index contributed by atoms with van der Waals surface area (Å²) >= 11 is 1.48. The largest absolute Gasteiger partial charge is 0.125 e. The Labute approximate surface area is 68.5 Å². The van der Waals surface area contributed by atoms with Crippen LogP contribution in [0.2, 0.25) is 0 Å². The maximum absolute atomic E-state index is 7.97. The molecule has 2 rings (SSSR count). The number of hydrogen-bond donors (Lipinski definition) is 0. The van der Waals surface area contributed by atoms with Gasteiger partial charge in [-0.05, 0) is 17.5 Å². The summed E-state index contributed by atoms with van der Waals surface area (Å²) in [5.74, 6) is -0.735. The number of hydrogen-bond acceptors (Lipinski definition) is 1. The summed E-state index contributed by atoms with van der Waals surface area (Å²) in [6.07, 6.45) is 0. The van der Waals surface area contributed by atoms with Gasteiger partial charge in [-0.1, -0.05) is 25.1 Å². The molecule has 0 fully saturated rings. The van der Waals surface area contributed by atoms with E-state index in [1.165, 1.54) is 11.8 Å². The second kappa shape index (κ2) is 2.31. The maximum Gasteiger partial charge on any atom is 0.0390 e. The minimum Gasteiger partial charge on any atom is -0.125 e. The fourth-order valence-electron chi connectivity index (χ4n) is 1.11. The van der Waals surface area contributed by atoms with E-state index in [2.05, 4.69) is 0 Å². The van der Waals surface area contributed by atoms with Gasteiger partial charge in [-0.25, -0.2) is 0 Å². The summed E-state index contributed by atoms with van der Waals surface area (Å²) in [5, 5.41) is 0. The predicted molar refractivity (Wildman–Crippen MR) is 45.6 cm³/mol. The first kappa shape index (κ1) is 4.45. The molecule has 1 aliphatic rings. The summed E-state index contributed by atoms with van der Waals surface area (Å²) in [6.45, 7) is 1.81. The molecule has 0 nitrogen and oxygen atoms in total. The van der Waals surface area contributed by atoms with Crippen molar-refractivity contribution in [3.8, 4) is 0 Å². The number of benzene rings is 1. The van der Waals surface area contributed by atoms with Crippen LogP contribution in [0.1, 0.15) is 21.1 Å². The van der Waals surface area contributed by atoms with Gasteiger partial charge in [0, 0.05) is 13.4 Å². The second-order valence-electron chi connectivity index (χ2n) is 2.41. The van der Waals surface area contributed by atoms with E-state index in [-0.39, 0.29) is 5.73 Å². The van der Waals surface area contributed by atoms with Crippen molar-refractivity contribution < 1.29 is 2.74 Å². The molecule has 0 spiro atoms. The lowest BCUT2D eigenvalue weighted by molar-refractivity contribution is 0.882. The van der Waals surface area contributed by atoms with Crippen molar-refractivity contribution in [1.82, 2.24) is 0 Å². The molecule has 52 valence electrons. The van der Waals surface area contributed by atoms with E-state index in [9.17, 15) is 0 Å². The summed E-state index contributed by atoms with van der Waals surface area (Å²) in [4.78, 5) is 1.09. The highest BCUT2D eigenvalue weighted by atomic mass is 32.2. The zero-order valence-electron chi connectivity index (χ0n) is 7.79. The van der Waals surface area contributed by atoms with Crippen LogP contribution in [0.5, 0.6) is 0 Å². The highest BCUT2D eigenvalue weighted by Crippen LogP contribution is 2.38. The minimum atomic E-state index is -0.735. The lowest BCUT2D eigenvalue weighted by atomic mass is 10.0. The molecule has 0 aliphatic carbocycles. The number of fused-ring (bicyclic) bond motifs is 1. The highest BCUT2D eigenvalue weighted by molar-refractivity contribution is 7.99. The van der Waals surface area contributed by atoms with Gasteiger partial charge in [-0.3, -0.25) is 0 Å². The molecule has 1 aromatic carbocycles. The summed E-state index contributed by atoms with van der Waals surface area (Å²) < 4.78 is 15.7. The van der Waals surface area contributed by atoms with E-state index in [1.807, 2.05) is 31.2 Å². The van der Waals surface area contributed by atoms with Crippen LogP contribution in [0.4, 0.5) is 0 Å². The third kappa shape index (κ3) is 0.853. The Hall–Kier alpha value is -0.430. The average molecular weight is 152 g/mol. The van der Waals surface area contributed by atoms with E-state index in [0.717, 1.165) is 10.5 Å². The zero-order chi connectivity index (χ0) is 8.77. The van der Waals surface area contributed by atoms with Crippen LogP contribution in [-0.2, 0) is 0 Å². The van der Waals surface area contributed by atoms with Gasteiger partial charge in [0.1, 0.15) is 0 Å². The summed E-state index contributed by atoms with van der Waals surface area (Å²) in [5.41, 5.74) is 0.616. The minimum absolute atomic E-state index is 0.380. The first-order chi connectivity index (χ1) is 5.62. The molecule has 10 heavy (non-hydrogen) atoms. The normalized spacial score (nSPS) is 40.3. The van der Waals surface area contributed by atoms with Crippen molar-refractivity contribution in [2.24, 2.45) is 0 Å². The average Bonchev–Trinajstić information content (AvgIpc) is 2.25. The van der Waals surface area contributed by atoms with Crippen LogP contribution in [-0.4, -0.2) is 5.73 Å². The Kier molecular flexibility index (Phi) is 1.03. The fraction of sp³-hybridized carbons (Fsp3) is 0.333. The van der Waals surface area contributed by atoms with E-state index in [0.29, 0.717) is 0 Å². The maximum atomic E-state index is 7.97. The Morgan fingerprint density at radius 1 is 1.70 bits per heavy atom. The van der Waals surface area contributed by atoms with Crippen LogP contribution in [0.3, 0.4) is 0 Å². The van der Waals surface area contributed by atoms with Crippen LogP contribution in [0, 0.1) is 0 Å². The Morgan fingerprint density at radius 3 is 3.30 bits per heavy atom. The van der Waals surface area contributed by atoms with E-state index in [1.54, 1.807) is 0 Å². The monoisotopic (exact) mass is 152 g/mol. The van der Waals surface area contributed by atoms with E-state index < -0.39 is 5.89 Å². The van der Waals surface area contributed by atoms with Gasteiger partial charge < -0.3 is 0 Å². The van der Waals surface area contributed by atoms with Gasteiger partial charge in [-0.2, -0.15) is 0 Å². The van der Waals surface area contributed by atoms with Crippen LogP contribution in [0.15, 0.2) is 29.2 Å². The van der Waals surface area contributed by atoms with Gasteiger partial charge in [0.15, 0.2) is 0 Å². The van der Waals surface area contributed by atoms with Crippen molar-refractivity contribution in [3.63, 3.8) is 0 Å². The first-order valence-electron chi connectivity index (χ1n) is 4.38. The molecule has 0 amide bonds. The van der Waals surface area contributed by atoms with Crippen LogP contribution in [0.25, 0.3) is 0 Å². The molecule has 2 unspecified atom stereocenters. The molecule has 0 saturated carbocycles. The van der Waals surface area contributed by atoms with Gasteiger partial charge in [-0.15, -0.1) is 11.8 Å². The molecule has 1 aliphatic heterocycles. The molecule has 1 heterocycles. The molecule has 0 N–H and O–H groups in total. The lowest BCUT2D eigenvalue weighted by Gasteiger charge is -1.99. The molecular weight excluding hydrogens is 140 g/mol. The van der Waals surface area contributed by atoms with E-state index >= 15 is 0 Å².